The quantitative estimate of drug-likeness (QED) is 0.899. The lowest BCUT2D eigenvalue weighted by atomic mass is 9.87. The molecule has 1 aromatic heterocycles. The SMILES string of the molecule is CC1CCCC(NCc2ccc3c(=O)cc[nH]c3c2)C1. The first kappa shape index (κ1) is 13.4. The van der Waals surface area contributed by atoms with Crippen molar-refractivity contribution in [3.05, 3.63) is 46.2 Å². The molecular formula is C17H22N2O. The Bertz CT molecular complexity index is 647. The summed E-state index contributed by atoms with van der Waals surface area (Å²) >= 11 is 0. The maximum atomic E-state index is 11.7. The predicted molar refractivity (Wildman–Crippen MR) is 82.8 cm³/mol. The molecule has 1 aliphatic carbocycles. The molecule has 1 aliphatic rings. The van der Waals surface area contributed by atoms with Crippen molar-refractivity contribution in [2.24, 2.45) is 5.92 Å². The third-order valence-corrected chi connectivity index (χ3v) is 4.35. The summed E-state index contributed by atoms with van der Waals surface area (Å²) in [6, 6.07) is 8.27. The molecule has 0 aliphatic heterocycles. The average Bonchev–Trinajstić information content (AvgIpc) is 2.45. The fourth-order valence-corrected chi connectivity index (χ4v) is 3.21. The van der Waals surface area contributed by atoms with Gasteiger partial charge in [0.1, 0.15) is 0 Å². The second-order valence-electron chi connectivity index (χ2n) is 6.07. The van der Waals surface area contributed by atoms with Crippen molar-refractivity contribution >= 4 is 10.9 Å². The molecule has 0 saturated heterocycles. The van der Waals surface area contributed by atoms with Crippen LogP contribution in [-0.4, -0.2) is 11.0 Å². The first-order chi connectivity index (χ1) is 9.72. The van der Waals surface area contributed by atoms with Gasteiger partial charge in [0.15, 0.2) is 5.43 Å². The number of benzene rings is 1. The van der Waals surface area contributed by atoms with E-state index in [-0.39, 0.29) is 5.43 Å². The van der Waals surface area contributed by atoms with Gasteiger partial charge in [0, 0.05) is 35.8 Å². The van der Waals surface area contributed by atoms with Crippen LogP contribution in [0.15, 0.2) is 35.3 Å². The van der Waals surface area contributed by atoms with Gasteiger partial charge in [-0.1, -0.05) is 25.8 Å². The maximum absolute atomic E-state index is 11.7. The van der Waals surface area contributed by atoms with Gasteiger partial charge < -0.3 is 10.3 Å². The number of fused-ring (bicyclic) bond motifs is 1. The summed E-state index contributed by atoms with van der Waals surface area (Å²) in [5, 5.41) is 4.42. The summed E-state index contributed by atoms with van der Waals surface area (Å²) in [5.74, 6) is 0.842. The summed E-state index contributed by atoms with van der Waals surface area (Å²) in [6.07, 6.45) is 6.99. The van der Waals surface area contributed by atoms with Crippen LogP contribution in [0.5, 0.6) is 0 Å². The smallest absolute Gasteiger partial charge is 0.189 e. The lowest BCUT2D eigenvalue weighted by Crippen LogP contribution is -2.33. The van der Waals surface area contributed by atoms with Crippen molar-refractivity contribution in [2.75, 3.05) is 0 Å². The van der Waals surface area contributed by atoms with Crippen molar-refractivity contribution in [3.63, 3.8) is 0 Å². The molecule has 2 aromatic rings. The van der Waals surface area contributed by atoms with E-state index in [4.69, 9.17) is 0 Å². The number of aromatic amines is 1. The number of pyridine rings is 1. The fourth-order valence-electron chi connectivity index (χ4n) is 3.21. The minimum atomic E-state index is 0.0827. The van der Waals surface area contributed by atoms with E-state index in [0.717, 1.165) is 23.4 Å². The third kappa shape index (κ3) is 2.93. The van der Waals surface area contributed by atoms with Gasteiger partial charge in [-0.25, -0.2) is 0 Å². The van der Waals surface area contributed by atoms with Gasteiger partial charge in [-0.2, -0.15) is 0 Å². The zero-order valence-electron chi connectivity index (χ0n) is 12.0. The number of nitrogens with one attached hydrogen (secondary N) is 2. The van der Waals surface area contributed by atoms with Gasteiger partial charge in [-0.05, 0) is 36.5 Å². The molecule has 1 fully saturated rings. The number of aromatic nitrogens is 1. The van der Waals surface area contributed by atoms with Gasteiger partial charge in [0.2, 0.25) is 0 Å². The molecule has 0 amide bonds. The van der Waals surface area contributed by atoms with Crippen LogP contribution in [0.2, 0.25) is 0 Å². The molecule has 2 N–H and O–H groups in total. The Labute approximate surface area is 119 Å². The molecule has 1 saturated carbocycles. The van der Waals surface area contributed by atoms with Crippen molar-refractivity contribution in [3.8, 4) is 0 Å². The van der Waals surface area contributed by atoms with E-state index in [2.05, 4.69) is 29.4 Å². The van der Waals surface area contributed by atoms with E-state index >= 15 is 0 Å². The van der Waals surface area contributed by atoms with Gasteiger partial charge in [-0.15, -0.1) is 0 Å². The van der Waals surface area contributed by atoms with Crippen molar-refractivity contribution < 1.29 is 0 Å². The lowest BCUT2D eigenvalue weighted by Gasteiger charge is -2.27. The molecule has 3 nitrogen and oxygen atoms in total. The Hall–Kier alpha value is -1.61. The van der Waals surface area contributed by atoms with E-state index in [9.17, 15) is 4.79 Å². The number of hydrogen-bond donors (Lipinski definition) is 2. The molecular weight excluding hydrogens is 248 g/mol. The number of H-pyrrole nitrogens is 1. The minimum absolute atomic E-state index is 0.0827. The van der Waals surface area contributed by atoms with Gasteiger partial charge >= 0.3 is 0 Å². The fraction of sp³-hybridized carbons (Fsp3) is 0.471. The van der Waals surface area contributed by atoms with Gasteiger partial charge in [-0.3, -0.25) is 4.79 Å². The van der Waals surface area contributed by atoms with Gasteiger partial charge in [0.05, 0.1) is 0 Å². The van der Waals surface area contributed by atoms with Crippen LogP contribution in [0.25, 0.3) is 10.9 Å². The Balaban J connectivity index is 1.70. The normalized spacial score (nSPS) is 23.1. The molecule has 1 aromatic carbocycles. The van der Waals surface area contributed by atoms with Crippen LogP contribution >= 0.6 is 0 Å². The maximum Gasteiger partial charge on any atom is 0.189 e. The Morgan fingerprint density at radius 1 is 1.30 bits per heavy atom. The highest BCUT2D eigenvalue weighted by molar-refractivity contribution is 5.78. The number of rotatable bonds is 3. The predicted octanol–water partition coefficient (Wildman–Crippen LogP) is 3.20. The van der Waals surface area contributed by atoms with Crippen molar-refractivity contribution in [1.82, 2.24) is 10.3 Å². The molecule has 2 atom stereocenters. The molecule has 0 spiro atoms. The molecule has 3 heteroatoms. The van der Waals surface area contributed by atoms with E-state index < -0.39 is 0 Å². The van der Waals surface area contributed by atoms with Crippen molar-refractivity contribution in [1.29, 1.82) is 0 Å². The highest BCUT2D eigenvalue weighted by Gasteiger charge is 2.17. The average molecular weight is 270 g/mol. The Morgan fingerprint density at radius 3 is 3.05 bits per heavy atom. The highest BCUT2D eigenvalue weighted by Crippen LogP contribution is 2.23. The monoisotopic (exact) mass is 270 g/mol. The van der Waals surface area contributed by atoms with Crippen LogP contribution in [0.1, 0.15) is 38.2 Å². The van der Waals surface area contributed by atoms with Crippen LogP contribution in [-0.2, 0) is 6.54 Å². The van der Waals surface area contributed by atoms with Crippen LogP contribution in [0.4, 0.5) is 0 Å². The van der Waals surface area contributed by atoms with Crippen LogP contribution in [0, 0.1) is 5.92 Å². The van der Waals surface area contributed by atoms with Gasteiger partial charge in [0.25, 0.3) is 0 Å². The standard InChI is InChI=1S/C17H22N2O/c1-12-3-2-4-14(9-12)19-11-13-5-6-15-16(10-13)18-8-7-17(15)20/h5-8,10,12,14,19H,2-4,9,11H2,1H3,(H,18,20). The van der Waals surface area contributed by atoms with Crippen LogP contribution < -0.4 is 10.7 Å². The summed E-state index contributed by atoms with van der Waals surface area (Å²) in [7, 11) is 0. The summed E-state index contributed by atoms with van der Waals surface area (Å²) in [4.78, 5) is 14.8. The molecule has 3 rings (SSSR count). The lowest BCUT2D eigenvalue weighted by molar-refractivity contribution is 0.300. The van der Waals surface area contributed by atoms with Crippen molar-refractivity contribution in [2.45, 2.75) is 45.2 Å². The van der Waals surface area contributed by atoms with E-state index in [1.54, 1.807) is 12.3 Å². The minimum Gasteiger partial charge on any atom is -0.361 e. The highest BCUT2D eigenvalue weighted by atomic mass is 16.1. The second kappa shape index (κ2) is 5.80. The van der Waals surface area contributed by atoms with E-state index in [1.165, 1.54) is 31.2 Å². The van der Waals surface area contributed by atoms with E-state index in [0.29, 0.717) is 6.04 Å². The first-order valence-corrected chi connectivity index (χ1v) is 7.56. The zero-order chi connectivity index (χ0) is 13.9. The third-order valence-electron chi connectivity index (χ3n) is 4.35. The zero-order valence-corrected chi connectivity index (χ0v) is 12.0. The molecule has 1 heterocycles. The second-order valence-corrected chi connectivity index (χ2v) is 6.07. The molecule has 0 bridgehead atoms. The Kier molecular flexibility index (Phi) is 3.88. The molecule has 0 radical (unpaired) electrons. The summed E-state index contributed by atoms with van der Waals surface area (Å²) in [5.41, 5.74) is 2.24. The first-order valence-electron chi connectivity index (χ1n) is 7.56. The van der Waals surface area contributed by atoms with E-state index in [1.807, 2.05) is 6.07 Å². The summed E-state index contributed by atoms with van der Waals surface area (Å²) < 4.78 is 0. The Morgan fingerprint density at radius 2 is 2.20 bits per heavy atom. The topological polar surface area (TPSA) is 44.9 Å². The molecule has 106 valence electrons. The summed E-state index contributed by atoms with van der Waals surface area (Å²) in [6.45, 7) is 3.22. The molecule has 2 unspecified atom stereocenters. The molecule has 20 heavy (non-hydrogen) atoms. The van der Waals surface area contributed by atoms with Crippen LogP contribution in [0.3, 0.4) is 0 Å². The number of hydrogen-bond acceptors (Lipinski definition) is 2. The largest absolute Gasteiger partial charge is 0.361 e.